The fourth-order valence-corrected chi connectivity index (χ4v) is 2.25. The lowest BCUT2D eigenvalue weighted by molar-refractivity contribution is -0.129. The van der Waals surface area contributed by atoms with Gasteiger partial charge in [0.05, 0.1) is 22.5 Å². The van der Waals surface area contributed by atoms with Crippen LogP contribution in [-0.4, -0.2) is 24.2 Å². The molecule has 2 aromatic carbocycles. The van der Waals surface area contributed by atoms with Crippen molar-refractivity contribution in [3.63, 3.8) is 0 Å². The quantitative estimate of drug-likeness (QED) is 0.433. The van der Waals surface area contributed by atoms with Crippen molar-refractivity contribution < 1.29 is 18.4 Å². The highest BCUT2D eigenvalue weighted by molar-refractivity contribution is 6.33. The summed E-state index contributed by atoms with van der Waals surface area (Å²) in [6.45, 7) is 0. The van der Waals surface area contributed by atoms with Gasteiger partial charge in [-0.15, -0.1) is 0 Å². The predicted octanol–water partition coefficient (Wildman–Crippen LogP) is 3.26. The van der Waals surface area contributed by atoms with Crippen LogP contribution in [0.25, 0.3) is 0 Å². The van der Waals surface area contributed by atoms with Crippen molar-refractivity contribution in [3.05, 3.63) is 69.2 Å². The summed E-state index contributed by atoms with van der Waals surface area (Å²) in [6, 6.07) is 8.13. The maximum Gasteiger partial charge on any atom is 0.249 e. The van der Waals surface area contributed by atoms with E-state index in [1.54, 1.807) is 0 Å². The van der Waals surface area contributed by atoms with Gasteiger partial charge in [0, 0.05) is 11.1 Å². The van der Waals surface area contributed by atoms with Crippen LogP contribution >= 0.6 is 23.2 Å². The zero-order valence-electron chi connectivity index (χ0n) is 13.5. The van der Waals surface area contributed by atoms with Gasteiger partial charge in [0.1, 0.15) is 18.1 Å². The van der Waals surface area contributed by atoms with Gasteiger partial charge in [-0.25, -0.2) is 19.6 Å². The Kier molecular flexibility index (Phi) is 7.39. The van der Waals surface area contributed by atoms with Crippen LogP contribution in [-0.2, 0) is 9.59 Å². The Balaban J connectivity index is 1.84. The third kappa shape index (κ3) is 6.12. The van der Waals surface area contributed by atoms with E-state index in [4.69, 9.17) is 23.2 Å². The van der Waals surface area contributed by atoms with Gasteiger partial charge in [-0.1, -0.05) is 35.3 Å². The number of nitrogens with one attached hydrogen (secondary N) is 2. The minimum atomic E-state index is -0.768. The van der Waals surface area contributed by atoms with Gasteiger partial charge >= 0.3 is 0 Å². The van der Waals surface area contributed by atoms with Crippen molar-refractivity contribution in [2.45, 2.75) is 6.42 Å². The molecule has 0 aliphatic rings. The maximum absolute atomic E-state index is 13.5. The van der Waals surface area contributed by atoms with Crippen molar-refractivity contribution in [2.75, 3.05) is 0 Å². The molecule has 0 aromatic heterocycles. The lowest BCUT2D eigenvalue weighted by Crippen LogP contribution is -2.27. The molecule has 2 N–H and O–H groups in total. The van der Waals surface area contributed by atoms with Crippen molar-refractivity contribution in [2.24, 2.45) is 10.2 Å². The van der Waals surface area contributed by atoms with Crippen LogP contribution in [0, 0.1) is 11.6 Å². The van der Waals surface area contributed by atoms with Gasteiger partial charge in [-0.3, -0.25) is 9.59 Å². The molecule has 0 aliphatic heterocycles. The third-order valence-corrected chi connectivity index (χ3v) is 3.75. The first kappa shape index (κ1) is 20.5. The van der Waals surface area contributed by atoms with Crippen LogP contribution in [0.5, 0.6) is 0 Å². The van der Waals surface area contributed by atoms with Gasteiger partial charge in [0.15, 0.2) is 0 Å². The maximum atomic E-state index is 13.5. The Hall–Kier alpha value is -2.84. The van der Waals surface area contributed by atoms with Crippen LogP contribution in [0.2, 0.25) is 10.0 Å². The molecular formula is C17H12Cl2F2N4O2. The highest BCUT2D eigenvalue weighted by atomic mass is 35.5. The molecule has 0 bridgehead atoms. The minimum absolute atomic E-state index is 0.00437. The lowest BCUT2D eigenvalue weighted by Gasteiger charge is -2.02. The summed E-state index contributed by atoms with van der Waals surface area (Å²) in [7, 11) is 0. The zero-order valence-corrected chi connectivity index (χ0v) is 15.1. The molecule has 10 heteroatoms. The molecule has 6 nitrogen and oxygen atoms in total. The average molecular weight is 413 g/mol. The minimum Gasteiger partial charge on any atom is -0.273 e. The standard InChI is InChI=1S/C17H12Cl2F2N4O2/c18-12-3-1-5-14(20)10(12)8-22-24-16(26)7-17(27)25-23-9-11-13(19)4-2-6-15(11)21/h1-6,8-9H,7H2,(H,24,26)(H,25,27)/b22-8-,23-9-. The average Bonchev–Trinajstić information content (AvgIpc) is 2.60. The molecule has 2 aromatic rings. The van der Waals surface area contributed by atoms with Gasteiger partial charge in [-0.2, -0.15) is 10.2 Å². The molecule has 0 fully saturated rings. The summed E-state index contributed by atoms with van der Waals surface area (Å²) in [5.41, 5.74) is 4.10. The van der Waals surface area contributed by atoms with Crippen molar-refractivity contribution in [1.29, 1.82) is 0 Å². The molecule has 0 aliphatic carbocycles. The summed E-state index contributed by atoms with van der Waals surface area (Å²) < 4.78 is 27.0. The first-order valence-corrected chi connectivity index (χ1v) is 8.16. The summed E-state index contributed by atoms with van der Waals surface area (Å²) in [4.78, 5) is 23.2. The topological polar surface area (TPSA) is 82.9 Å². The van der Waals surface area contributed by atoms with E-state index in [0.717, 1.165) is 12.4 Å². The third-order valence-electron chi connectivity index (χ3n) is 3.09. The molecular weight excluding hydrogens is 401 g/mol. The Labute approximate surface area is 162 Å². The zero-order chi connectivity index (χ0) is 19.8. The normalized spacial score (nSPS) is 11.1. The second-order valence-corrected chi connectivity index (χ2v) is 5.85. The van der Waals surface area contributed by atoms with Crippen LogP contribution < -0.4 is 10.9 Å². The van der Waals surface area contributed by atoms with E-state index in [-0.39, 0.29) is 21.2 Å². The van der Waals surface area contributed by atoms with Crippen LogP contribution in [0.15, 0.2) is 46.6 Å². The summed E-state index contributed by atoms with van der Waals surface area (Å²) >= 11 is 11.6. The number of carbonyl (C=O) groups excluding carboxylic acids is 2. The van der Waals surface area contributed by atoms with E-state index < -0.39 is 29.9 Å². The summed E-state index contributed by atoms with van der Waals surface area (Å²) in [6.07, 6.45) is 1.43. The molecule has 0 saturated carbocycles. The first-order chi connectivity index (χ1) is 12.9. The number of rotatable bonds is 6. The monoisotopic (exact) mass is 412 g/mol. The summed E-state index contributed by atoms with van der Waals surface area (Å²) in [5, 5.41) is 7.30. The SMILES string of the molecule is O=C(CC(=O)N/N=C\c1c(F)cccc1Cl)N/N=C\c1c(F)cccc1Cl. The van der Waals surface area contributed by atoms with E-state index >= 15 is 0 Å². The smallest absolute Gasteiger partial charge is 0.249 e. The van der Waals surface area contributed by atoms with Crippen LogP contribution in [0.4, 0.5) is 8.78 Å². The first-order valence-electron chi connectivity index (χ1n) is 7.40. The number of amides is 2. The van der Waals surface area contributed by atoms with E-state index in [9.17, 15) is 18.4 Å². The second-order valence-electron chi connectivity index (χ2n) is 5.03. The Morgan fingerprint density at radius 2 is 1.26 bits per heavy atom. The number of hydrogen-bond donors (Lipinski definition) is 2. The lowest BCUT2D eigenvalue weighted by atomic mass is 10.2. The highest BCUT2D eigenvalue weighted by Gasteiger charge is 2.09. The van der Waals surface area contributed by atoms with Crippen molar-refractivity contribution in [1.82, 2.24) is 10.9 Å². The molecule has 2 rings (SSSR count). The number of hydrogen-bond acceptors (Lipinski definition) is 4. The highest BCUT2D eigenvalue weighted by Crippen LogP contribution is 2.17. The van der Waals surface area contributed by atoms with Gasteiger partial charge in [0.2, 0.25) is 11.8 Å². The van der Waals surface area contributed by atoms with E-state index in [1.165, 1.54) is 36.4 Å². The molecule has 2 amide bonds. The molecule has 0 unspecified atom stereocenters. The fraction of sp³-hybridized carbons (Fsp3) is 0.0588. The fourth-order valence-electron chi connectivity index (χ4n) is 1.83. The Morgan fingerprint density at radius 3 is 1.63 bits per heavy atom. The van der Waals surface area contributed by atoms with Crippen LogP contribution in [0.3, 0.4) is 0 Å². The number of carbonyl (C=O) groups is 2. The number of halogens is 4. The molecule has 0 radical (unpaired) electrons. The van der Waals surface area contributed by atoms with E-state index in [1.807, 2.05) is 0 Å². The van der Waals surface area contributed by atoms with Crippen molar-refractivity contribution >= 4 is 47.4 Å². The summed E-state index contributed by atoms with van der Waals surface area (Å²) in [5.74, 6) is -2.76. The van der Waals surface area contributed by atoms with Gasteiger partial charge < -0.3 is 0 Å². The molecule has 0 spiro atoms. The van der Waals surface area contributed by atoms with Crippen LogP contribution in [0.1, 0.15) is 17.5 Å². The molecule has 27 heavy (non-hydrogen) atoms. The number of benzene rings is 2. The van der Waals surface area contributed by atoms with Crippen molar-refractivity contribution in [3.8, 4) is 0 Å². The van der Waals surface area contributed by atoms with E-state index in [0.29, 0.717) is 0 Å². The second kappa shape index (κ2) is 9.75. The van der Waals surface area contributed by atoms with Gasteiger partial charge in [0.25, 0.3) is 0 Å². The largest absolute Gasteiger partial charge is 0.273 e. The number of nitrogens with zero attached hydrogens (tertiary/aromatic N) is 2. The number of hydrazone groups is 2. The predicted molar refractivity (Wildman–Crippen MR) is 98.9 cm³/mol. The molecule has 140 valence electrons. The Bertz CT molecular complexity index is 806. The van der Waals surface area contributed by atoms with E-state index in [2.05, 4.69) is 21.1 Å². The Morgan fingerprint density at radius 1 is 0.852 bits per heavy atom. The molecule has 0 saturated heterocycles. The molecule has 0 heterocycles. The molecule has 0 atom stereocenters. The van der Waals surface area contributed by atoms with Gasteiger partial charge in [-0.05, 0) is 24.3 Å².